The highest BCUT2D eigenvalue weighted by atomic mass is 32.2. The van der Waals surface area contributed by atoms with E-state index in [-0.39, 0.29) is 30.7 Å². The summed E-state index contributed by atoms with van der Waals surface area (Å²) in [7, 11) is -4.22. The molecule has 0 saturated heterocycles. The SMILES string of the molecule is CCOC(=O)/C(CCCCC(=O)O)=N/Nc1ccccc1CS(=O)(=O)O. The average Bonchev–Trinajstić information content (AvgIpc) is 2.54. The van der Waals surface area contributed by atoms with Gasteiger partial charge in [0, 0.05) is 6.42 Å². The van der Waals surface area contributed by atoms with E-state index in [9.17, 15) is 18.0 Å². The van der Waals surface area contributed by atoms with Crippen LogP contribution in [-0.4, -0.2) is 42.3 Å². The molecule has 144 valence electrons. The Labute approximate surface area is 151 Å². The summed E-state index contributed by atoms with van der Waals surface area (Å²) in [6.07, 6.45) is 1.01. The molecule has 26 heavy (non-hydrogen) atoms. The lowest BCUT2D eigenvalue weighted by atomic mass is 10.1. The number of carbonyl (C=O) groups excluding carboxylic acids is 1. The van der Waals surface area contributed by atoms with Crippen molar-refractivity contribution in [3.8, 4) is 0 Å². The van der Waals surface area contributed by atoms with E-state index in [1.165, 1.54) is 6.07 Å². The molecule has 10 heteroatoms. The van der Waals surface area contributed by atoms with Gasteiger partial charge in [0.25, 0.3) is 10.1 Å². The van der Waals surface area contributed by atoms with Crippen molar-refractivity contribution in [2.75, 3.05) is 12.0 Å². The van der Waals surface area contributed by atoms with E-state index < -0.39 is 27.8 Å². The van der Waals surface area contributed by atoms with E-state index in [0.717, 1.165) is 0 Å². The Kier molecular flexibility index (Phi) is 8.73. The molecule has 3 N–H and O–H groups in total. The first kappa shape index (κ1) is 21.6. The topological polar surface area (TPSA) is 142 Å². The van der Waals surface area contributed by atoms with E-state index in [2.05, 4.69) is 10.5 Å². The van der Waals surface area contributed by atoms with Crippen molar-refractivity contribution in [2.24, 2.45) is 5.10 Å². The summed E-state index contributed by atoms with van der Waals surface area (Å²) in [5.41, 5.74) is 3.29. The van der Waals surface area contributed by atoms with Crippen LogP contribution in [0.5, 0.6) is 0 Å². The smallest absolute Gasteiger partial charge is 0.354 e. The molecule has 0 saturated carbocycles. The Balaban J connectivity index is 2.89. The number of esters is 1. The summed E-state index contributed by atoms with van der Waals surface area (Å²) in [5.74, 6) is -2.15. The average molecular weight is 386 g/mol. The molecule has 9 nitrogen and oxygen atoms in total. The van der Waals surface area contributed by atoms with Crippen LogP contribution >= 0.6 is 0 Å². The molecule has 0 aromatic heterocycles. The molecule has 0 atom stereocenters. The number of hydrogen-bond acceptors (Lipinski definition) is 7. The standard InChI is InChI=1S/C16H22N2O7S/c1-2-25-16(21)14(9-5-6-10-15(19)20)18-17-13-8-4-3-7-12(13)11-26(22,23)24/h3-4,7-8,17H,2,5-6,9-11H2,1H3,(H,19,20)(H,22,23,24)/b18-14+. The van der Waals surface area contributed by atoms with Gasteiger partial charge in [-0.05, 0) is 37.8 Å². The minimum absolute atomic E-state index is 0.0132. The fourth-order valence-corrected chi connectivity index (χ4v) is 2.71. The van der Waals surface area contributed by atoms with Crippen LogP contribution in [0.2, 0.25) is 0 Å². The fraction of sp³-hybridized carbons (Fsp3) is 0.438. The van der Waals surface area contributed by atoms with Crippen LogP contribution in [0.25, 0.3) is 0 Å². The van der Waals surface area contributed by atoms with Gasteiger partial charge in [-0.25, -0.2) is 4.79 Å². The number of nitrogens with zero attached hydrogens (tertiary/aromatic N) is 1. The first-order valence-corrected chi connectivity index (χ1v) is 9.58. The summed E-state index contributed by atoms with van der Waals surface area (Å²) in [6.45, 7) is 1.81. The maximum absolute atomic E-state index is 12.0. The molecule has 0 fully saturated rings. The Morgan fingerprint density at radius 1 is 1.19 bits per heavy atom. The zero-order chi connectivity index (χ0) is 19.6. The van der Waals surface area contributed by atoms with Gasteiger partial charge in [0.05, 0.1) is 12.3 Å². The highest BCUT2D eigenvalue weighted by Crippen LogP contribution is 2.18. The van der Waals surface area contributed by atoms with Gasteiger partial charge in [-0.3, -0.25) is 14.8 Å². The van der Waals surface area contributed by atoms with Crippen LogP contribution in [0.4, 0.5) is 5.69 Å². The molecule has 0 aliphatic rings. The van der Waals surface area contributed by atoms with Crippen molar-refractivity contribution in [1.82, 2.24) is 0 Å². The number of hydrazone groups is 1. The lowest BCUT2D eigenvalue weighted by molar-refractivity contribution is -0.137. The molecule has 1 aromatic carbocycles. The molecule has 0 aliphatic carbocycles. The highest BCUT2D eigenvalue weighted by molar-refractivity contribution is 7.85. The number of para-hydroxylation sites is 1. The second-order valence-corrected chi connectivity index (χ2v) is 6.83. The second kappa shape index (κ2) is 10.5. The Bertz CT molecular complexity index is 760. The quantitative estimate of drug-likeness (QED) is 0.172. The summed E-state index contributed by atoms with van der Waals surface area (Å²) < 4.78 is 36.1. The number of carboxylic acids is 1. The minimum Gasteiger partial charge on any atom is -0.481 e. The first-order chi connectivity index (χ1) is 12.2. The highest BCUT2D eigenvalue weighted by Gasteiger charge is 2.14. The van der Waals surface area contributed by atoms with E-state index in [4.69, 9.17) is 14.4 Å². The number of ether oxygens (including phenoxy) is 1. The molecule has 1 rings (SSSR count). The van der Waals surface area contributed by atoms with Crippen molar-refractivity contribution in [2.45, 2.75) is 38.4 Å². The summed E-state index contributed by atoms with van der Waals surface area (Å²) in [6, 6.07) is 6.30. The van der Waals surface area contributed by atoms with Crippen LogP contribution < -0.4 is 5.43 Å². The summed E-state index contributed by atoms with van der Waals surface area (Å²) in [5, 5.41) is 12.6. The number of nitrogens with one attached hydrogen (secondary N) is 1. The van der Waals surface area contributed by atoms with Crippen molar-refractivity contribution in [1.29, 1.82) is 0 Å². The number of anilines is 1. The maximum atomic E-state index is 12.0. The monoisotopic (exact) mass is 386 g/mol. The van der Waals surface area contributed by atoms with Gasteiger partial charge in [-0.15, -0.1) is 0 Å². The van der Waals surface area contributed by atoms with Gasteiger partial charge in [0.15, 0.2) is 0 Å². The van der Waals surface area contributed by atoms with E-state index in [1.807, 2.05) is 0 Å². The molecule has 0 heterocycles. The third-order valence-electron chi connectivity index (χ3n) is 3.23. The molecule has 0 bridgehead atoms. The zero-order valence-electron chi connectivity index (χ0n) is 14.3. The molecular formula is C16H22N2O7S. The molecule has 1 aromatic rings. The summed E-state index contributed by atoms with van der Waals surface area (Å²) in [4.78, 5) is 22.5. The van der Waals surface area contributed by atoms with Gasteiger partial charge < -0.3 is 9.84 Å². The number of carbonyl (C=O) groups is 2. The number of unbranched alkanes of at least 4 members (excludes halogenated alkanes) is 1. The van der Waals surface area contributed by atoms with Crippen LogP contribution in [-0.2, 0) is 30.2 Å². The number of rotatable bonds is 11. The fourth-order valence-electron chi connectivity index (χ4n) is 2.07. The normalized spacial score (nSPS) is 11.8. The number of benzene rings is 1. The molecule has 0 unspecified atom stereocenters. The van der Waals surface area contributed by atoms with E-state index >= 15 is 0 Å². The van der Waals surface area contributed by atoms with Crippen molar-refractivity contribution < 1.29 is 32.4 Å². The van der Waals surface area contributed by atoms with Gasteiger partial charge in [0.2, 0.25) is 0 Å². The Morgan fingerprint density at radius 2 is 1.85 bits per heavy atom. The van der Waals surface area contributed by atoms with Crippen molar-refractivity contribution >= 4 is 33.5 Å². The van der Waals surface area contributed by atoms with Gasteiger partial charge in [-0.1, -0.05) is 18.2 Å². The van der Waals surface area contributed by atoms with E-state index in [1.54, 1.807) is 25.1 Å². The third kappa shape index (κ3) is 8.58. The van der Waals surface area contributed by atoms with Crippen LogP contribution in [0, 0.1) is 0 Å². The molecule has 0 radical (unpaired) electrons. The van der Waals surface area contributed by atoms with Crippen molar-refractivity contribution in [3.05, 3.63) is 29.8 Å². The maximum Gasteiger partial charge on any atom is 0.354 e. The Morgan fingerprint density at radius 3 is 2.46 bits per heavy atom. The van der Waals surface area contributed by atoms with Gasteiger partial charge in [0.1, 0.15) is 11.5 Å². The molecule has 0 spiro atoms. The third-order valence-corrected chi connectivity index (χ3v) is 3.91. The summed E-state index contributed by atoms with van der Waals surface area (Å²) >= 11 is 0. The molecular weight excluding hydrogens is 364 g/mol. The lowest BCUT2D eigenvalue weighted by Gasteiger charge is -2.10. The number of hydrogen-bond donors (Lipinski definition) is 3. The van der Waals surface area contributed by atoms with E-state index in [0.29, 0.717) is 18.5 Å². The lowest BCUT2D eigenvalue weighted by Crippen LogP contribution is -2.19. The minimum atomic E-state index is -4.22. The zero-order valence-corrected chi connectivity index (χ0v) is 15.2. The first-order valence-electron chi connectivity index (χ1n) is 7.97. The predicted octanol–water partition coefficient (Wildman–Crippen LogP) is 2.05. The molecule has 0 amide bonds. The van der Waals surface area contributed by atoms with Crippen LogP contribution in [0.15, 0.2) is 29.4 Å². The van der Waals surface area contributed by atoms with Crippen molar-refractivity contribution in [3.63, 3.8) is 0 Å². The number of aliphatic carboxylic acids is 1. The van der Waals surface area contributed by atoms with Crippen LogP contribution in [0.3, 0.4) is 0 Å². The largest absolute Gasteiger partial charge is 0.481 e. The number of carboxylic acid groups (broad SMARTS) is 1. The predicted molar refractivity (Wildman–Crippen MR) is 95.5 cm³/mol. The second-order valence-electron chi connectivity index (χ2n) is 5.38. The van der Waals surface area contributed by atoms with Gasteiger partial charge >= 0.3 is 11.9 Å². The van der Waals surface area contributed by atoms with Crippen LogP contribution in [0.1, 0.15) is 38.2 Å². The van der Waals surface area contributed by atoms with Gasteiger partial charge in [-0.2, -0.15) is 13.5 Å². The Hall–Kier alpha value is -2.46. The molecule has 0 aliphatic heterocycles.